The molecule has 0 spiro atoms. The highest BCUT2D eigenvalue weighted by molar-refractivity contribution is 6.30. The maximum Gasteiger partial charge on any atom is 0.129 e. The van der Waals surface area contributed by atoms with Crippen molar-refractivity contribution in [1.29, 1.82) is 0 Å². The lowest BCUT2D eigenvalue weighted by Gasteiger charge is -2.19. The second-order valence-electron chi connectivity index (χ2n) is 4.74. The summed E-state index contributed by atoms with van der Waals surface area (Å²) in [6, 6.07) is 8.66. The third kappa shape index (κ3) is 4.02. The van der Waals surface area contributed by atoms with E-state index < -0.39 is 0 Å². The van der Waals surface area contributed by atoms with Gasteiger partial charge in [0.05, 0.1) is 0 Å². The molecule has 0 saturated heterocycles. The van der Waals surface area contributed by atoms with Gasteiger partial charge in [-0.1, -0.05) is 30.7 Å². The van der Waals surface area contributed by atoms with Gasteiger partial charge in [-0.05, 0) is 43.1 Å². The highest BCUT2D eigenvalue weighted by Gasteiger charge is 2.16. The third-order valence-electron chi connectivity index (χ3n) is 3.14. The monoisotopic (exact) mass is 292 g/mol. The Labute approximate surface area is 124 Å². The molecule has 0 saturated carbocycles. The predicted molar refractivity (Wildman–Crippen MR) is 80.4 cm³/mol. The van der Waals surface area contributed by atoms with E-state index >= 15 is 0 Å². The first kappa shape index (κ1) is 14.9. The van der Waals surface area contributed by atoms with Gasteiger partial charge < -0.3 is 5.32 Å². The van der Waals surface area contributed by atoms with Crippen LogP contribution in [-0.2, 0) is 6.42 Å². The van der Waals surface area contributed by atoms with Crippen LogP contribution >= 0.6 is 11.6 Å². The Kier molecular flexibility index (Phi) is 5.50. The standard InChI is InChI=1S/C16H18ClFN2/c1-2-7-20-16(9-12-4-3-8-19-11-12)14-6-5-13(17)10-15(14)18/h3-6,8,10-11,16,20H,2,7,9H2,1H3. The molecule has 2 aromatic rings. The maximum absolute atomic E-state index is 14.1. The van der Waals surface area contributed by atoms with E-state index in [1.165, 1.54) is 6.07 Å². The molecule has 1 N–H and O–H groups in total. The molecule has 0 aliphatic rings. The smallest absolute Gasteiger partial charge is 0.129 e. The van der Waals surface area contributed by atoms with Crippen molar-refractivity contribution in [1.82, 2.24) is 10.3 Å². The van der Waals surface area contributed by atoms with Crippen LogP contribution in [0.1, 0.15) is 30.5 Å². The average Bonchev–Trinajstić information content (AvgIpc) is 2.45. The van der Waals surface area contributed by atoms with E-state index in [0.29, 0.717) is 17.0 Å². The van der Waals surface area contributed by atoms with Gasteiger partial charge in [-0.2, -0.15) is 0 Å². The minimum Gasteiger partial charge on any atom is -0.310 e. The van der Waals surface area contributed by atoms with Crippen LogP contribution in [0.5, 0.6) is 0 Å². The molecular formula is C16H18ClFN2. The molecular weight excluding hydrogens is 275 g/mol. The van der Waals surface area contributed by atoms with Crippen LogP contribution in [0.2, 0.25) is 5.02 Å². The zero-order valence-electron chi connectivity index (χ0n) is 11.4. The first-order valence-corrected chi connectivity index (χ1v) is 7.15. The fourth-order valence-electron chi connectivity index (χ4n) is 2.15. The average molecular weight is 293 g/mol. The molecule has 0 amide bonds. The van der Waals surface area contributed by atoms with Crippen LogP contribution in [0, 0.1) is 5.82 Å². The van der Waals surface area contributed by atoms with E-state index in [0.717, 1.165) is 18.5 Å². The Balaban J connectivity index is 2.22. The fourth-order valence-corrected chi connectivity index (χ4v) is 2.31. The summed E-state index contributed by atoms with van der Waals surface area (Å²) in [5.74, 6) is -0.269. The van der Waals surface area contributed by atoms with Gasteiger partial charge in [0.1, 0.15) is 5.82 Å². The summed E-state index contributed by atoms with van der Waals surface area (Å²) >= 11 is 5.82. The highest BCUT2D eigenvalue weighted by atomic mass is 35.5. The Morgan fingerprint density at radius 2 is 2.20 bits per heavy atom. The molecule has 0 aliphatic heterocycles. The second-order valence-corrected chi connectivity index (χ2v) is 5.17. The van der Waals surface area contributed by atoms with Gasteiger partial charge in [-0.15, -0.1) is 0 Å². The Morgan fingerprint density at radius 1 is 1.35 bits per heavy atom. The van der Waals surface area contributed by atoms with Gasteiger partial charge >= 0.3 is 0 Å². The zero-order valence-corrected chi connectivity index (χ0v) is 12.2. The molecule has 2 rings (SSSR count). The Bertz CT molecular complexity index is 545. The molecule has 1 unspecified atom stereocenters. The van der Waals surface area contributed by atoms with Crippen LogP contribution in [-0.4, -0.2) is 11.5 Å². The summed E-state index contributed by atoms with van der Waals surface area (Å²) in [5, 5.41) is 3.80. The molecule has 1 aromatic carbocycles. The minimum atomic E-state index is -0.269. The summed E-state index contributed by atoms with van der Waals surface area (Å²) in [6.45, 7) is 2.93. The van der Waals surface area contributed by atoms with Crippen LogP contribution < -0.4 is 5.32 Å². The highest BCUT2D eigenvalue weighted by Crippen LogP contribution is 2.23. The van der Waals surface area contributed by atoms with Crippen molar-refractivity contribution < 1.29 is 4.39 Å². The molecule has 0 bridgehead atoms. The molecule has 0 fully saturated rings. The number of hydrogen-bond donors (Lipinski definition) is 1. The first-order valence-electron chi connectivity index (χ1n) is 6.78. The van der Waals surface area contributed by atoms with Gasteiger partial charge in [0.2, 0.25) is 0 Å². The van der Waals surface area contributed by atoms with Gasteiger partial charge in [0, 0.05) is 29.0 Å². The number of pyridine rings is 1. The van der Waals surface area contributed by atoms with Crippen LogP contribution in [0.3, 0.4) is 0 Å². The van der Waals surface area contributed by atoms with Crippen molar-refractivity contribution in [2.45, 2.75) is 25.8 Å². The van der Waals surface area contributed by atoms with E-state index in [9.17, 15) is 4.39 Å². The maximum atomic E-state index is 14.1. The lowest BCUT2D eigenvalue weighted by molar-refractivity contribution is 0.497. The van der Waals surface area contributed by atoms with Crippen molar-refractivity contribution >= 4 is 11.6 Å². The summed E-state index contributed by atoms with van der Waals surface area (Å²) in [4.78, 5) is 4.11. The summed E-state index contributed by atoms with van der Waals surface area (Å²) in [6.07, 6.45) is 5.25. The lowest BCUT2D eigenvalue weighted by Crippen LogP contribution is -2.25. The Morgan fingerprint density at radius 3 is 2.85 bits per heavy atom. The number of aromatic nitrogens is 1. The SMILES string of the molecule is CCCNC(Cc1cccnc1)c1ccc(Cl)cc1F. The van der Waals surface area contributed by atoms with Gasteiger partial charge in [0.25, 0.3) is 0 Å². The third-order valence-corrected chi connectivity index (χ3v) is 3.38. The quantitative estimate of drug-likeness (QED) is 0.865. The predicted octanol–water partition coefficient (Wildman–Crippen LogP) is 4.16. The molecule has 20 heavy (non-hydrogen) atoms. The van der Waals surface area contributed by atoms with E-state index in [2.05, 4.69) is 17.2 Å². The van der Waals surface area contributed by atoms with Crippen molar-refractivity contribution in [2.75, 3.05) is 6.54 Å². The van der Waals surface area contributed by atoms with Gasteiger partial charge in [-0.25, -0.2) is 4.39 Å². The van der Waals surface area contributed by atoms with Crippen molar-refractivity contribution in [2.24, 2.45) is 0 Å². The molecule has 1 atom stereocenters. The van der Waals surface area contributed by atoms with E-state index in [4.69, 9.17) is 11.6 Å². The molecule has 1 heterocycles. The number of nitrogens with one attached hydrogen (secondary N) is 1. The largest absolute Gasteiger partial charge is 0.310 e. The number of nitrogens with zero attached hydrogens (tertiary/aromatic N) is 1. The molecule has 106 valence electrons. The molecule has 0 radical (unpaired) electrons. The Hall–Kier alpha value is -1.45. The second kappa shape index (κ2) is 7.36. The summed E-state index contributed by atoms with van der Waals surface area (Å²) < 4.78 is 14.1. The van der Waals surface area contributed by atoms with Crippen LogP contribution in [0.25, 0.3) is 0 Å². The van der Waals surface area contributed by atoms with Crippen LogP contribution in [0.4, 0.5) is 4.39 Å². The normalized spacial score (nSPS) is 12.3. The van der Waals surface area contributed by atoms with Crippen molar-refractivity contribution in [3.05, 3.63) is 64.7 Å². The zero-order chi connectivity index (χ0) is 14.4. The lowest BCUT2D eigenvalue weighted by atomic mass is 9.99. The minimum absolute atomic E-state index is 0.0728. The van der Waals surface area contributed by atoms with Crippen LogP contribution in [0.15, 0.2) is 42.7 Å². The van der Waals surface area contributed by atoms with E-state index in [1.54, 1.807) is 18.3 Å². The molecule has 4 heteroatoms. The van der Waals surface area contributed by atoms with Gasteiger partial charge in [-0.3, -0.25) is 4.98 Å². The van der Waals surface area contributed by atoms with Crippen molar-refractivity contribution in [3.63, 3.8) is 0 Å². The van der Waals surface area contributed by atoms with E-state index in [-0.39, 0.29) is 11.9 Å². The number of halogens is 2. The molecule has 0 aliphatic carbocycles. The molecule has 2 nitrogen and oxygen atoms in total. The number of rotatable bonds is 6. The summed E-state index contributed by atoms with van der Waals surface area (Å²) in [7, 11) is 0. The topological polar surface area (TPSA) is 24.9 Å². The summed E-state index contributed by atoms with van der Waals surface area (Å²) in [5.41, 5.74) is 1.72. The number of hydrogen-bond acceptors (Lipinski definition) is 2. The molecule has 1 aromatic heterocycles. The number of benzene rings is 1. The fraction of sp³-hybridized carbons (Fsp3) is 0.312. The van der Waals surface area contributed by atoms with Gasteiger partial charge in [0.15, 0.2) is 0 Å². The van der Waals surface area contributed by atoms with E-state index in [1.807, 2.05) is 18.3 Å². The van der Waals surface area contributed by atoms with Crippen molar-refractivity contribution in [3.8, 4) is 0 Å². The first-order chi connectivity index (χ1) is 9.70.